The van der Waals surface area contributed by atoms with Crippen LogP contribution in [0.5, 0.6) is 0 Å². The summed E-state index contributed by atoms with van der Waals surface area (Å²) in [7, 11) is 0. The lowest BCUT2D eigenvalue weighted by molar-refractivity contribution is -0.142. The molecule has 0 radical (unpaired) electrons. The normalized spacial score (nSPS) is 10.4. The summed E-state index contributed by atoms with van der Waals surface area (Å²) < 4.78 is 9.86. The minimum absolute atomic E-state index is 0.0181. The maximum Gasteiger partial charge on any atom is 0.350 e. The minimum atomic E-state index is -0.430. The molecule has 0 aromatic carbocycles. The number of anilines is 2. The number of carbonyl (C=O) groups excluding carboxylic acids is 2. The van der Waals surface area contributed by atoms with Crippen LogP contribution >= 0.6 is 22.9 Å². The average Bonchev–Trinajstić information content (AvgIpc) is 2.87. The molecule has 10 heteroatoms. The summed E-state index contributed by atoms with van der Waals surface area (Å²) in [6.45, 7) is 5.74. The van der Waals surface area contributed by atoms with Crippen LogP contribution < -0.4 is 5.32 Å². The zero-order chi connectivity index (χ0) is 18.4. The van der Waals surface area contributed by atoms with E-state index < -0.39 is 11.9 Å². The number of hydrogen-bond donors (Lipinski definition) is 1. The van der Waals surface area contributed by atoms with Crippen LogP contribution in [0.15, 0.2) is 6.07 Å². The van der Waals surface area contributed by atoms with Crippen LogP contribution in [0.25, 0.3) is 0 Å². The van der Waals surface area contributed by atoms with Crippen molar-refractivity contribution in [3.8, 4) is 0 Å². The molecule has 0 fully saturated rings. The molecule has 1 N–H and O–H groups in total. The molecule has 0 aliphatic rings. The second-order valence-electron chi connectivity index (χ2n) is 4.77. The maximum atomic E-state index is 11.8. The summed E-state index contributed by atoms with van der Waals surface area (Å²) >= 11 is 7.10. The lowest BCUT2D eigenvalue weighted by Crippen LogP contribution is -2.10. The van der Waals surface area contributed by atoms with E-state index in [1.807, 2.05) is 0 Å². The number of hydrogen-bond acceptors (Lipinski definition) is 9. The van der Waals surface area contributed by atoms with Gasteiger partial charge in [-0.05, 0) is 26.8 Å². The molecule has 0 aliphatic heterocycles. The average molecular weight is 385 g/mol. The fourth-order valence-corrected chi connectivity index (χ4v) is 2.96. The number of thiazole rings is 1. The predicted molar refractivity (Wildman–Crippen MR) is 93.5 cm³/mol. The predicted octanol–water partition coefficient (Wildman–Crippen LogP) is 2.92. The first-order chi connectivity index (χ1) is 11.9. The van der Waals surface area contributed by atoms with E-state index in [9.17, 15) is 9.59 Å². The van der Waals surface area contributed by atoms with Gasteiger partial charge in [0.05, 0.1) is 31.0 Å². The van der Waals surface area contributed by atoms with Crippen LogP contribution in [0.2, 0.25) is 5.15 Å². The first-order valence-electron chi connectivity index (χ1n) is 7.53. The SMILES string of the molecule is CCOC(=O)Cc1cc(Cl)nc(Nc2nc(C)c(C(=O)OCC)s2)n1. The molecule has 2 aromatic heterocycles. The number of aryl methyl sites for hydroxylation is 1. The van der Waals surface area contributed by atoms with Gasteiger partial charge in [0.2, 0.25) is 5.95 Å². The van der Waals surface area contributed by atoms with E-state index in [2.05, 4.69) is 20.3 Å². The minimum Gasteiger partial charge on any atom is -0.466 e. The summed E-state index contributed by atoms with van der Waals surface area (Å²) in [5, 5.41) is 3.49. The molecule has 0 unspecified atom stereocenters. The van der Waals surface area contributed by atoms with Crippen LogP contribution in [-0.2, 0) is 20.7 Å². The third-order valence-corrected chi connectivity index (χ3v) is 4.10. The second kappa shape index (κ2) is 8.72. The number of rotatable bonds is 7. The van der Waals surface area contributed by atoms with E-state index in [4.69, 9.17) is 21.1 Å². The first-order valence-corrected chi connectivity index (χ1v) is 8.73. The van der Waals surface area contributed by atoms with E-state index >= 15 is 0 Å². The van der Waals surface area contributed by atoms with Gasteiger partial charge in [-0.3, -0.25) is 10.1 Å². The monoisotopic (exact) mass is 384 g/mol. The van der Waals surface area contributed by atoms with Gasteiger partial charge in [-0.15, -0.1) is 0 Å². The fourth-order valence-electron chi connectivity index (χ4n) is 1.90. The highest BCUT2D eigenvalue weighted by Crippen LogP contribution is 2.26. The van der Waals surface area contributed by atoms with Crippen LogP contribution in [0, 0.1) is 6.92 Å². The van der Waals surface area contributed by atoms with Gasteiger partial charge in [0, 0.05) is 0 Å². The van der Waals surface area contributed by atoms with Crippen molar-refractivity contribution in [2.24, 2.45) is 0 Å². The molecule has 0 saturated heterocycles. The molecule has 134 valence electrons. The van der Waals surface area contributed by atoms with Gasteiger partial charge in [-0.2, -0.15) is 0 Å². The molecule has 0 atom stereocenters. The number of esters is 2. The van der Waals surface area contributed by atoms with Crippen LogP contribution in [0.4, 0.5) is 11.1 Å². The number of nitrogens with one attached hydrogen (secondary N) is 1. The molecule has 8 nitrogen and oxygen atoms in total. The van der Waals surface area contributed by atoms with Crippen molar-refractivity contribution in [1.29, 1.82) is 0 Å². The van der Waals surface area contributed by atoms with Crippen molar-refractivity contribution < 1.29 is 19.1 Å². The number of aromatic nitrogens is 3. The Morgan fingerprint density at radius 1 is 1.20 bits per heavy atom. The van der Waals surface area contributed by atoms with E-state index in [0.29, 0.717) is 21.4 Å². The largest absolute Gasteiger partial charge is 0.466 e. The zero-order valence-electron chi connectivity index (χ0n) is 14.0. The molecule has 0 amide bonds. The molecule has 0 saturated carbocycles. The summed E-state index contributed by atoms with van der Waals surface area (Å²) in [5.41, 5.74) is 0.958. The highest BCUT2D eigenvalue weighted by molar-refractivity contribution is 7.17. The van der Waals surface area contributed by atoms with E-state index in [1.54, 1.807) is 20.8 Å². The Bertz CT molecular complexity index is 781. The molecule has 0 aliphatic carbocycles. The number of halogens is 1. The lowest BCUT2D eigenvalue weighted by Gasteiger charge is -2.05. The highest BCUT2D eigenvalue weighted by atomic mass is 35.5. The molecular formula is C15H17ClN4O4S. The van der Waals surface area contributed by atoms with Crippen molar-refractivity contribution in [2.45, 2.75) is 27.2 Å². The Kier molecular flexibility index (Phi) is 6.65. The molecule has 2 rings (SSSR count). The fraction of sp³-hybridized carbons (Fsp3) is 0.400. The first kappa shape index (κ1) is 19.1. The van der Waals surface area contributed by atoms with Crippen molar-refractivity contribution in [3.63, 3.8) is 0 Å². The standard InChI is InChI=1S/C15H17ClN4O4S/c1-4-23-11(21)7-9-6-10(16)19-14(18-9)20-15-17-8(3)12(25-15)13(22)24-5-2/h6H,4-5,7H2,1-3H3,(H,17,18,19,20). The Morgan fingerprint density at radius 2 is 1.92 bits per heavy atom. The van der Waals surface area contributed by atoms with Crippen molar-refractivity contribution >= 4 is 46.0 Å². The summed E-state index contributed by atoms with van der Waals surface area (Å²) in [4.78, 5) is 36.3. The second-order valence-corrected chi connectivity index (χ2v) is 6.15. The summed E-state index contributed by atoms with van der Waals surface area (Å²) in [6, 6.07) is 1.49. The Labute approximate surface area is 153 Å². The van der Waals surface area contributed by atoms with Gasteiger partial charge < -0.3 is 9.47 Å². The van der Waals surface area contributed by atoms with E-state index in [-0.39, 0.29) is 30.7 Å². The van der Waals surface area contributed by atoms with Crippen molar-refractivity contribution in [3.05, 3.63) is 27.5 Å². The number of ether oxygens (including phenoxy) is 2. The Balaban J connectivity index is 2.17. The van der Waals surface area contributed by atoms with Gasteiger partial charge in [-0.1, -0.05) is 22.9 Å². The maximum absolute atomic E-state index is 11.8. The molecule has 25 heavy (non-hydrogen) atoms. The Hall–Kier alpha value is -2.26. The van der Waals surface area contributed by atoms with Gasteiger partial charge in [0.25, 0.3) is 0 Å². The van der Waals surface area contributed by atoms with Crippen molar-refractivity contribution in [1.82, 2.24) is 15.0 Å². The Morgan fingerprint density at radius 3 is 2.60 bits per heavy atom. The molecule has 2 heterocycles. The van der Waals surface area contributed by atoms with Crippen LogP contribution in [0.3, 0.4) is 0 Å². The lowest BCUT2D eigenvalue weighted by atomic mass is 10.3. The van der Waals surface area contributed by atoms with E-state index in [0.717, 1.165) is 11.3 Å². The number of nitrogens with zero attached hydrogens (tertiary/aromatic N) is 3. The van der Waals surface area contributed by atoms with Crippen LogP contribution in [0.1, 0.15) is 34.9 Å². The third-order valence-electron chi connectivity index (χ3n) is 2.85. The topological polar surface area (TPSA) is 103 Å². The molecule has 2 aromatic rings. The zero-order valence-corrected chi connectivity index (χ0v) is 15.5. The third kappa shape index (κ3) is 5.36. The highest BCUT2D eigenvalue weighted by Gasteiger charge is 2.17. The van der Waals surface area contributed by atoms with Gasteiger partial charge in [0.15, 0.2) is 5.13 Å². The van der Waals surface area contributed by atoms with Gasteiger partial charge in [0.1, 0.15) is 10.0 Å². The van der Waals surface area contributed by atoms with Gasteiger partial charge >= 0.3 is 11.9 Å². The molecule has 0 spiro atoms. The van der Waals surface area contributed by atoms with Crippen molar-refractivity contribution in [2.75, 3.05) is 18.5 Å². The van der Waals surface area contributed by atoms with E-state index in [1.165, 1.54) is 6.07 Å². The number of carbonyl (C=O) groups is 2. The summed E-state index contributed by atoms with van der Waals surface area (Å²) in [5.74, 6) is -0.658. The quantitative estimate of drug-likeness (QED) is 0.574. The summed E-state index contributed by atoms with van der Waals surface area (Å²) in [6.07, 6.45) is -0.0181. The molecular weight excluding hydrogens is 368 g/mol. The van der Waals surface area contributed by atoms with Gasteiger partial charge in [-0.25, -0.2) is 19.7 Å². The molecule has 0 bridgehead atoms. The van der Waals surface area contributed by atoms with Crippen LogP contribution in [-0.4, -0.2) is 40.1 Å². The smallest absolute Gasteiger partial charge is 0.350 e.